The van der Waals surface area contributed by atoms with Crippen LogP contribution in [0.5, 0.6) is 11.5 Å². The molecule has 0 aromatic heterocycles. The Kier molecular flexibility index (Phi) is 7.14. The molecule has 0 spiro atoms. The van der Waals surface area contributed by atoms with Crippen molar-refractivity contribution in [1.29, 1.82) is 0 Å². The van der Waals surface area contributed by atoms with Gasteiger partial charge in [0.1, 0.15) is 29.0 Å². The van der Waals surface area contributed by atoms with Gasteiger partial charge in [-0.1, -0.05) is 12.1 Å². The lowest BCUT2D eigenvalue weighted by Gasteiger charge is -2.44. The second-order valence-electron chi connectivity index (χ2n) is 8.97. The fourth-order valence-corrected chi connectivity index (χ4v) is 5.18. The molecule has 5 nitrogen and oxygen atoms in total. The molecule has 0 amide bonds. The molecule has 0 bridgehead atoms. The Bertz CT molecular complexity index is 1250. The van der Waals surface area contributed by atoms with E-state index in [0.717, 1.165) is 24.3 Å². The number of piperidine rings is 1. The van der Waals surface area contributed by atoms with E-state index in [0.29, 0.717) is 24.2 Å². The predicted molar refractivity (Wildman–Crippen MR) is 126 cm³/mol. The summed E-state index contributed by atoms with van der Waals surface area (Å²) in [6.45, 7) is 2.80. The van der Waals surface area contributed by atoms with Crippen molar-refractivity contribution in [3.8, 4) is 11.5 Å². The van der Waals surface area contributed by atoms with Crippen LogP contribution in [0, 0.1) is 30.3 Å². The van der Waals surface area contributed by atoms with E-state index < -0.39 is 41.0 Å². The maximum absolute atomic E-state index is 14.7. The minimum absolute atomic E-state index is 0.153. The third kappa shape index (κ3) is 4.90. The second kappa shape index (κ2) is 10.1. The molecule has 3 aromatic carbocycles. The lowest BCUT2D eigenvalue weighted by atomic mass is 9.67. The normalized spacial score (nSPS) is 20.7. The maximum Gasteiger partial charge on any atom is 0.170 e. The summed E-state index contributed by atoms with van der Waals surface area (Å²) in [5.41, 5.74) is 6.61. The number of benzene rings is 3. The van der Waals surface area contributed by atoms with Gasteiger partial charge in [-0.05, 0) is 60.5 Å². The zero-order valence-electron chi connectivity index (χ0n) is 19.2. The number of hydrogen-bond donors (Lipinski definition) is 3. The van der Waals surface area contributed by atoms with Gasteiger partial charge in [0, 0.05) is 49.5 Å². The smallest absolute Gasteiger partial charge is 0.170 e. The Morgan fingerprint density at radius 1 is 1.00 bits per heavy atom. The van der Waals surface area contributed by atoms with Crippen LogP contribution < -0.4 is 5.73 Å². The Morgan fingerprint density at radius 3 is 2.51 bits per heavy atom. The van der Waals surface area contributed by atoms with Crippen LogP contribution in [-0.2, 0) is 0 Å². The number of ketones is 1. The summed E-state index contributed by atoms with van der Waals surface area (Å²) in [7, 11) is 0. The minimum Gasteiger partial charge on any atom is -0.508 e. The molecule has 0 aliphatic carbocycles. The number of carbonyl (C=O) groups is 1. The Balaban J connectivity index is 1.93. The van der Waals surface area contributed by atoms with E-state index in [1.54, 1.807) is 13.0 Å². The number of nitrogens with two attached hydrogens (primary N) is 1. The topological polar surface area (TPSA) is 86.8 Å². The number of hydrogen-bond acceptors (Lipinski definition) is 5. The lowest BCUT2D eigenvalue weighted by molar-refractivity contribution is 0.0738. The molecule has 4 N–H and O–H groups in total. The Hall–Kier alpha value is -3.36. The monoisotopic (exact) mass is 484 g/mol. The van der Waals surface area contributed by atoms with Crippen LogP contribution in [0.1, 0.15) is 38.9 Å². The largest absolute Gasteiger partial charge is 0.508 e. The molecule has 35 heavy (non-hydrogen) atoms. The highest BCUT2D eigenvalue weighted by Crippen LogP contribution is 2.47. The highest BCUT2D eigenvalue weighted by molar-refractivity contribution is 5.99. The number of phenolic OH excluding ortho intramolecular Hbond substituents is 2. The van der Waals surface area contributed by atoms with E-state index in [1.165, 1.54) is 24.3 Å². The van der Waals surface area contributed by atoms with E-state index in [2.05, 4.69) is 0 Å². The van der Waals surface area contributed by atoms with Gasteiger partial charge in [-0.3, -0.25) is 4.79 Å². The van der Waals surface area contributed by atoms with E-state index in [-0.39, 0.29) is 35.7 Å². The van der Waals surface area contributed by atoms with Crippen LogP contribution in [0.4, 0.5) is 13.2 Å². The summed E-state index contributed by atoms with van der Waals surface area (Å²) >= 11 is 0. The molecule has 184 valence electrons. The van der Waals surface area contributed by atoms with Crippen molar-refractivity contribution >= 4 is 5.78 Å². The van der Waals surface area contributed by atoms with E-state index in [9.17, 15) is 28.2 Å². The standard InChI is InChI=1S/C27H27F3N2O3/c1-15-18(3-2-4-23(15)29)26-21(19-11-16(28)5-8-25(19)34)13-32(10-9-31)14-22(26)27(35)20-12-17(33)6-7-24(20)30/h2-8,11-12,21-22,26,33-34H,9-10,13-14,31H2,1H3/t21-,22+,26-/m1/s1. The van der Waals surface area contributed by atoms with Crippen molar-refractivity contribution in [3.05, 3.63) is 94.3 Å². The predicted octanol–water partition coefficient (Wildman–Crippen LogP) is 4.46. The van der Waals surface area contributed by atoms with E-state index in [4.69, 9.17) is 5.73 Å². The summed E-state index contributed by atoms with van der Waals surface area (Å²) in [5, 5.41) is 20.6. The summed E-state index contributed by atoms with van der Waals surface area (Å²) in [4.78, 5) is 15.7. The fourth-order valence-electron chi connectivity index (χ4n) is 5.18. The quantitative estimate of drug-likeness (QED) is 0.450. The van der Waals surface area contributed by atoms with Crippen molar-refractivity contribution < 1.29 is 28.2 Å². The first-order chi connectivity index (χ1) is 16.7. The van der Waals surface area contributed by atoms with Crippen molar-refractivity contribution in [3.63, 3.8) is 0 Å². The summed E-state index contributed by atoms with van der Waals surface area (Å²) in [6.07, 6.45) is 0. The number of rotatable bonds is 6. The average Bonchev–Trinajstić information content (AvgIpc) is 2.83. The van der Waals surface area contributed by atoms with Crippen LogP contribution in [-0.4, -0.2) is 47.1 Å². The second-order valence-corrected chi connectivity index (χ2v) is 8.97. The zero-order chi connectivity index (χ0) is 25.3. The first-order valence-electron chi connectivity index (χ1n) is 11.4. The molecule has 1 aliphatic rings. The zero-order valence-corrected chi connectivity index (χ0v) is 19.2. The summed E-state index contributed by atoms with van der Waals surface area (Å²) < 4.78 is 43.7. The van der Waals surface area contributed by atoms with E-state index >= 15 is 0 Å². The number of likely N-dealkylation sites (tertiary alicyclic amines) is 1. The third-order valence-electron chi connectivity index (χ3n) is 6.83. The van der Waals surface area contributed by atoms with Gasteiger partial charge >= 0.3 is 0 Å². The van der Waals surface area contributed by atoms with Crippen LogP contribution in [0.15, 0.2) is 54.6 Å². The molecule has 1 heterocycles. The number of Topliss-reactive ketones (excluding diaryl/α,β-unsaturated/α-hetero) is 1. The molecular weight excluding hydrogens is 457 g/mol. The molecule has 3 aromatic rings. The van der Waals surface area contributed by atoms with Gasteiger partial charge in [0.15, 0.2) is 5.78 Å². The maximum atomic E-state index is 14.7. The van der Waals surface area contributed by atoms with E-state index in [1.807, 2.05) is 4.90 Å². The number of carbonyl (C=O) groups excluding carboxylic acids is 1. The molecular formula is C27H27F3N2O3. The molecule has 1 aliphatic heterocycles. The third-order valence-corrected chi connectivity index (χ3v) is 6.83. The number of phenols is 2. The van der Waals surface area contributed by atoms with Gasteiger partial charge in [0.25, 0.3) is 0 Å². The van der Waals surface area contributed by atoms with Crippen molar-refractivity contribution in [1.82, 2.24) is 4.90 Å². The van der Waals surface area contributed by atoms with Gasteiger partial charge in [0.2, 0.25) is 0 Å². The van der Waals surface area contributed by atoms with Crippen LogP contribution in [0.25, 0.3) is 0 Å². The average molecular weight is 485 g/mol. The molecule has 8 heteroatoms. The highest BCUT2D eigenvalue weighted by atomic mass is 19.1. The summed E-state index contributed by atoms with van der Waals surface area (Å²) in [6, 6.07) is 11.4. The van der Waals surface area contributed by atoms with Gasteiger partial charge in [-0.15, -0.1) is 0 Å². The SMILES string of the molecule is Cc1c(F)cccc1[C@H]1[C@@H](C(=O)c2cc(O)ccc2F)CN(CCN)C[C@@H]1c1cc(F)ccc1O. The van der Waals surface area contributed by atoms with Crippen LogP contribution in [0.3, 0.4) is 0 Å². The van der Waals surface area contributed by atoms with Crippen molar-refractivity contribution in [2.24, 2.45) is 11.7 Å². The Morgan fingerprint density at radius 2 is 1.77 bits per heavy atom. The first kappa shape index (κ1) is 24.8. The molecule has 4 rings (SSSR count). The van der Waals surface area contributed by atoms with Gasteiger partial charge in [0.05, 0.1) is 5.56 Å². The van der Waals surface area contributed by atoms with Gasteiger partial charge in [-0.2, -0.15) is 0 Å². The summed E-state index contributed by atoms with van der Waals surface area (Å²) in [5.74, 6) is -5.03. The number of aromatic hydroxyl groups is 2. The van der Waals surface area contributed by atoms with Gasteiger partial charge < -0.3 is 20.8 Å². The Labute approximate surface area is 201 Å². The van der Waals surface area contributed by atoms with Crippen molar-refractivity contribution in [2.75, 3.05) is 26.2 Å². The highest BCUT2D eigenvalue weighted by Gasteiger charge is 2.44. The molecule has 1 fully saturated rings. The van der Waals surface area contributed by atoms with Gasteiger partial charge in [-0.25, -0.2) is 13.2 Å². The first-order valence-corrected chi connectivity index (χ1v) is 11.4. The molecule has 3 atom stereocenters. The van der Waals surface area contributed by atoms with Crippen LogP contribution >= 0.6 is 0 Å². The fraction of sp³-hybridized carbons (Fsp3) is 0.296. The number of nitrogens with zero attached hydrogens (tertiary/aromatic N) is 1. The van der Waals surface area contributed by atoms with Crippen LogP contribution in [0.2, 0.25) is 0 Å². The molecule has 0 unspecified atom stereocenters. The molecule has 0 saturated carbocycles. The molecule has 0 radical (unpaired) electrons. The van der Waals surface area contributed by atoms with Crippen molar-refractivity contribution in [2.45, 2.75) is 18.8 Å². The molecule has 1 saturated heterocycles. The number of halogens is 3. The minimum atomic E-state index is -0.889. The lowest BCUT2D eigenvalue weighted by Crippen LogP contribution is -2.48.